The number of hydrogen-bond donors (Lipinski definition) is 0. The van der Waals surface area contributed by atoms with E-state index in [1.165, 1.54) is 68.7 Å². The van der Waals surface area contributed by atoms with Gasteiger partial charge in [0, 0.05) is 24.0 Å². The molecule has 0 atom stereocenters. The van der Waals surface area contributed by atoms with Crippen LogP contribution in [0, 0.1) is 11.6 Å². The van der Waals surface area contributed by atoms with Crippen molar-refractivity contribution >= 4 is 5.71 Å². The van der Waals surface area contributed by atoms with E-state index in [4.69, 9.17) is 9.47 Å². The van der Waals surface area contributed by atoms with Gasteiger partial charge >= 0.3 is 0 Å². The van der Waals surface area contributed by atoms with Gasteiger partial charge in [-0.25, -0.2) is 13.4 Å². The van der Waals surface area contributed by atoms with Gasteiger partial charge < -0.3 is 26.5 Å². The van der Waals surface area contributed by atoms with Gasteiger partial charge in [0.15, 0.2) is 23.8 Å². The molecule has 38 heavy (non-hydrogen) atoms. The van der Waals surface area contributed by atoms with E-state index in [-0.39, 0.29) is 29.1 Å². The van der Waals surface area contributed by atoms with Crippen molar-refractivity contribution in [1.82, 2.24) is 0 Å². The highest BCUT2D eigenvalue weighted by Crippen LogP contribution is 2.37. The van der Waals surface area contributed by atoms with Gasteiger partial charge in [0.2, 0.25) is 0 Å². The predicted molar refractivity (Wildman–Crippen MR) is 148 cm³/mol. The lowest BCUT2D eigenvalue weighted by Gasteiger charge is -2.23. The summed E-state index contributed by atoms with van der Waals surface area (Å²) in [5.41, 5.74) is 3.61. The van der Waals surface area contributed by atoms with Crippen molar-refractivity contribution in [2.24, 2.45) is 0 Å². The average Bonchev–Trinajstić information content (AvgIpc) is 2.89. The van der Waals surface area contributed by atoms with Gasteiger partial charge in [0.1, 0.15) is 18.2 Å². The molecule has 6 heteroatoms. The zero-order valence-electron chi connectivity index (χ0n) is 23.6. The Morgan fingerprint density at radius 2 is 1.45 bits per heavy atom. The Morgan fingerprint density at radius 3 is 2.13 bits per heavy atom. The number of nitrogens with zero attached hydrogens (tertiary/aromatic N) is 1. The van der Waals surface area contributed by atoms with Gasteiger partial charge in [0.25, 0.3) is 0 Å². The molecule has 0 aromatic heterocycles. The molecular formula is C32H46BrF2NO2. The molecular weight excluding hydrogens is 548 g/mol. The summed E-state index contributed by atoms with van der Waals surface area (Å²) in [5.74, 6) is 0.693. The van der Waals surface area contributed by atoms with E-state index in [0.717, 1.165) is 54.9 Å². The van der Waals surface area contributed by atoms with E-state index in [1.807, 2.05) is 13.0 Å². The molecule has 3 nitrogen and oxygen atoms in total. The molecule has 0 saturated carbocycles. The Kier molecular flexibility index (Phi) is 14.9. The predicted octanol–water partition coefficient (Wildman–Crippen LogP) is 5.64. The Bertz CT molecular complexity index is 1000. The minimum atomic E-state index is -0.481. The quantitative estimate of drug-likeness (QED) is 0.175. The van der Waals surface area contributed by atoms with Crippen LogP contribution >= 0.6 is 0 Å². The highest BCUT2D eigenvalue weighted by Gasteiger charge is 2.31. The number of benzene rings is 2. The second-order valence-corrected chi connectivity index (χ2v) is 10.1. The molecule has 0 N–H and O–H groups in total. The fraction of sp³-hybridized carbons (Fsp3) is 0.594. The van der Waals surface area contributed by atoms with E-state index in [9.17, 15) is 8.78 Å². The third-order valence-electron chi connectivity index (χ3n) is 7.27. The van der Waals surface area contributed by atoms with Crippen molar-refractivity contribution in [2.75, 3.05) is 19.8 Å². The summed E-state index contributed by atoms with van der Waals surface area (Å²) in [4.78, 5) is 0. The van der Waals surface area contributed by atoms with Crippen LogP contribution in [0.5, 0.6) is 11.5 Å². The zero-order chi connectivity index (χ0) is 26.5. The number of ether oxygens (including phenoxy) is 2. The molecule has 0 amide bonds. The van der Waals surface area contributed by atoms with E-state index in [1.54, 1.807) is 0 Å². The fourth-order valence-electron chi connectivity index (χ4n) is 5.22. The Balaban J connectivity index is 0.00000507. The molecule has 0 aliphatic carbocycles. The number of hydrogen-bond acceptors (Lipinski definition) is 2. The van der Waals surface area contributed by atoms with Gasteiger partial charge in [-0.1, -0.05) is 71.3 Å². The van der Waals surface area contributed by atoms with Crippen LogP contribution in [-0.4, -0.2) is 30.0 Å². The second-order valence-electron chi connectivity index (χ2n) is 10.1. The highest BCUT2D eigenvalue weighted by atomic mass is 79.9. The first-order chi connectivity index (χ1) is 18.1. The molecule has 1 aliphatic heterocycles. The maximum atomic E-state index is 14.5. The molecule has 0 fully saturated rings. The van der Waals surface area contributed by atoms with E-state index in [0.29, 0.717) is 19.8 Å². The molecule has 0 spiro atoms. The number of halogens is 3. The van der Waals surface area contributed by atoms with Crippen LogP contribution in [0.3, 0.4) is 0 Å². The average molecular weight is 595 g/mol. The summed E-state index contributed by atoms with van der Waals surface area (Å²) in [6.07, 6.45) is 13.5. The zero-order valence-corrected chi connectivity index (χ0v) is 25.2. The minimum absolute atomic E-state index is 0. The van der Waals surface area contributed by atoms with E-state index < -0.39 is 11.6 Å². The number of fused-ring (bicyclic) bond motifs is 1. The lowest BCUT2D eigenvalue weighted by atomic mass is 9.92. The molecule has 0 bridgehead atoms. The lowest BCUT2D eigenvalue weighted by molar-refractivity contribution is -0.546. The molecule has 2 aromatic rings. The maximum Gasteiger partial charge on any atom is 0.184 e. The third kappa shape index (κ3) is 9.07. The summed E-state index contributed by atoms with van der Waals surface area (Å²) < 4.78 is 43.6. The molecule has 0 unspecified atom stereocenters. The Hall–Kier alpha value is -1.95. The second kappa shape index (κ2) is 17.6. The van der Waals surface area contributed by atoms with E-state index in [2.05, 4.69) is 24.5 Å². The first kappa shape index (κ1) is 32.3. The van der Waals surface area contributed by atoms with Gasteiger partial charge in [-0.05, 0) is 44.0 Å². The maximum absolute atomic E-state index is 14.5. The number of rotatable bonds is 17. The van der Waals surface area contributed by atoms with Crippen LogP contribution in [0.4, 0.5) is 8.78 Å². The van der Waals surface area contributed by atoms with Gasteiger partial charge in [-0.15, -0.1) is 0 Å². The topological polar surface area (TPSA) is 21.5 Å². The summed E-state index contributed by atoms with van der Waals surface area (Å²) in [7, 11) is 0. The molecule has 212 valence electrons. The summed E-state index contributed by atoms with van der Waals surface area (Å²) in [6, 6.07) is 8.26. The molecule has 0 radical (unpaired) electrons. The van der Waals surface area contributed by atoms with Gasteiger partial charge in [-0.3, -0.25) is 0 Å². The van der Waals surface area contributed by atoms with Crippen LogP contribution in [0.2, 0.25) is 0 Å². The van der Waals surface area contributed by atoms with Crippen molar-refractivity contribution in [1.29, 1.82) is 0 Å². The Labute approximate surface area is 239 Å². The van der Waals surface area contributed by atoms with Crippen molar-refractivity contribution in [3.63, 3.8) is 0 Å². The molecule has 3 rings (SSSR count). The van der Waals surface area contributed by atoms with Crippen LogP contribution in [0.25, 0.3) is 0 Å². The fourth-order valence-corrected chi connectivity index (χ4v) is 5.22. The molecule has 2 aromatic carbocycles. The van der Waals surface area contributed by atoms with Crippen LogP contribution in [-0.2, 0) is 13.0 Å². The van der Waals surface area contributed by atoms with Crippen molar-refractivity contribution in [3.8, 4) is 11.5 Å². The largest absolute Gasteiger partial charge is 1.00 e. The first-order valence-electron chi connectivity index (χ1n) is 14.6. The van der Waals surface area contributed by atoms with Crippen molar-refractivity contribution in [3.05, 3.63) is 58.7 Å². The summed E-state index contributed by atoms with van der Waals surface area (Å²) >= 11 is 0. The van der Waals surface area contributed by atoms with E-state index >= 15 is 0 Å². The normalized spacial score (nSPS) is 12.8. The first-order valence-corrected chi connectivity index (χ1v) is 14.6. The smallest absolute Gasteiger partial charge is 0.184 e. The standard InChI is InChI=1S/C32H46F2NO2.BrH/c1-4-7-9-11-12-14-23-37-32-26-21-22-35(24-27-28(33)16-15-17-29(27)34)30(18-13-10-8-5-2)25(26)19-20-31(32)36-6-3;/h15-17,19-20H,4-14,18,21-24H2,1-3H3;1H/q+1;/p-1. The third-order valence-corrected chi connectivity index (χ3v) is 7.27. The number of unbranched alkanes of at least 4 members (excludes halogenated alkanes) is 8. The summed E-state index contributed by atoms with van der Waals surface area (Å²) in [5, 5.41) is 0. The van der Waals surface area contributed by atoms with Crippen LogP contribution in [0.15, 0.2) is 30.3 Å². The highest BCUT2D eigenvalue weighted by molar-refractivity contribution is 5.99. The van der Waals surface area contributed by atoms with Gasteiger partial charge in [0.05, 0.1) is 18.8 Å². The Morgan fingerprint density at radius 1 is 0.789 bits per heavy atom. The van der Waals surface area contributed by atoms with Crippen LogP contribution in [0.1, 0.15) is 108 Å². The molecule has 1 heterocycles. The van der Waals surface area contributed by atoms with Crippen molar-refractivity contribution < 1.29 is 39.8 Å². The van der Waals surface area contributed by atoms with Gasteiger partial charge in [-0.2, -0.15) is 0 Å². The van der Waals surface area contributed by atoms with Crippen LogP contribution < -0.4 is 26.5 Å². The molecule has 0 saturated heterocycles. The monoisotopic (exact) mass is 593 g/mol. The molecule has 1 aliphatic rings. The van der Waals surface area contributed by atoms with Crippen molar-refractivity contribution in [2.45, 2.75) is 104 Å². The summed E-state index contributed by atoms with van der Waals surface area (Å²) in [6.45, 7) is 8.64. The lowest BCUT2D eigenvalue weighted by Crippen LogP contribution is -3.00. The minimum Gasteiger partial charge on any atom is -1.00 e. The SMILES string of the molecule is CCCCCCCCOc1c(OCC)ccc2c1CC[N+](Cc1c(F)cccc1F)=C2CCCCCC.[Br-].